The van der Waals surface area contributed by atoms with Gasteiger partial charge in [-0.05, 0) is 41.1 Å². The first-order valence-corrected chi connectivity index (χ1v) is 7.59. The number of ether oxygens (including phenoxy) is 1. The maximum absolute atomic E-state index is 6.06. The number of nitrogens with one attached hydrogen (secondary N) is 2. The van der Waals surface area contributed by atoms with Crippen LogP contribution >= 0.6 is 23.2 Å². The van der Waals surface area contributed by atoms with Crippen molar-refractivity contribution in [3.63, 3.8) is 0 Å². The molecule has 3 rings (SSSR count). The van der Waals surface area contributed by atoms with E-state index in [1.807, 2.05) is 36.4 Å². The topological polar surface area (TPSA) is 75.7 Å². The zero-order chi connectivity index (χ0) is 16.1. The van der Waals surface area contributed by atoms with E-state index in [1.54, 1.807) is 6.07 Å². The molecule has 0 amide bonds. The highest BCUT2D eigenvalue weighted by Crippen LogP contribution is 2.25. The number of hydrogen-bond donors (Lipinski definition) is 2. The smallest absolute Gasteiger partial charge is 0.263 e. The minimum absolute atomic E-state index is 0.408. The fraction of sp³-hybridized carbons (Fsp3) is 0.133. The van der Waals surface area contributed by atoms with Crippen LogP contribution in [0.4, 0.5) is 5.95 Å². The molecule has 0 atom stereocenters. The Morgan fingerprint density at radius 2 is 1.96 bits per heavy atom. The number of benzene rings is 2. The molecule has 2 N–H and O–H groups in total. The number of hydrogen-bond acceptors (Lipinski definition) is 5. The first-order chi connectivity index (χ1) is 11.2. The second-order valence-electron chi connectivity index (χ2n) is 4.76. The number of halogens is 2. The second kappa shape index (κ2) is 7.30. The van der Waals surface area contributed by atoms with E-state index in [2.05, 4.69) is 25.9 Å². The van der Waals surface area contributed by atoms with Gasteiger partial charge >= 0.3 is 0 Å². The summed E-state index contributed by atoms with van der Waals surface area (Å²) >= 11 is 12.0. The molecule has 2 aromatic carbocycles. The maximum atomic E-state index is 6.06. The van der Waals surface area contributed by atoms with Gasteiger partial charge in [0.25, 0.3) is 5.95 Å². The second-order valence-corrected chi connectivity index (χ2v) is 5.63. The van der Waals surface area contributed by atoms with Gasteiger partial charge in [-0.15, -0.1) is 5.10 Å². The van der Waals surface area contributed by atoms with E-state index in [1.165, 1.54) is 0 Å². The van der Waals surface area contributed by atoms with Gasteiger partial charge in [-0.25, -0.2) is 0 Å². The molecule has 1 aromatic heterocycles. The highest BCUT2D eigenvalue weighted by atomic mass is 35.5. The average molecular weight is 350 g/mol. The molecule has 0 spiro atoms. The van der Waals surface area contributed by atoms with Crippen LogP contribution in [-0.4, -0.2) is 20.6 Å². The van der Waals surface area contributed by atoms with Crippen LogP contribution in [0.25, 0.3) is 0 Å². The summed E-state index contributed by atoms with van der Waals surface area (Å²) in [6, 6.07) is 13.0. The zero-order valence-electron chi connectivity index (χ0n) is 12.0. The Kier molecular flexibility index (Phi) is 4.95. The van der Waals surface area contributed by atoms with E-state index in [-0.39, 0.29) is 0 Å². The third-order valence-corrected chi connectivity index (χ3v) is 3.56. The molecule has 0 bridgehead atoms. The summed E-state index contributed by atoms with van der Waals surface area (Å²) in [4.78, 5) is 0. The Labute approximate surface area is 142 Å². The van der Waals surface area contributed by atoms with Crippen molar-refractivity contribution >= 4 is 29.2 Å². The lowest BCUT2D eigenvalue weighted by molar-refractivity contribution is 0.303. The predicted molar refractivity (Wildman–Crippen MR) is 88.7 cm³/mol. The molecular weight excluding hydrogens is 337 g/mol. The molecule has 0 saturated heterocycles. The zero-order valence-corrected chi connectivity index (χ0v) is 13.5. The summed E-state index contributed by atoms with van der Waals surface area (Å²) in [5.74, 6) is 1.14. The molecule has 3 aromatic rings. The van der Waals surface area contributed by atoms with Gasteiger partial charge in [0, 0.05) is 22.2 Å². The fourth-order valence-corrected chi connectivity index (χ4v) is 2.43. The predicted octanol–water partition coefficient (Wildman–Crippen LogP) is 3.70. The summed E-state index contributed by atoms with van der Waals surface area (Å²) in [6.07, 6.45) is 0. The Morgan fingerprint density at radius 3 is 2.74 bits per heavy atom. The van der Waals surface area contributed by atoms with Crippen molar-refractivity contribution in [2.24, 2.45) is 0 Å². The number of rotatable bonds is 6. The quantitative estimate of drug-likeness (QED) is 0.709. The van der Waals surface area contributed by atoms with Gasteiger partial charge in [0.05, 0.1) is 0 Å². The summed E-state index contributed by atoms with van der Waals surface area (Å²) in [5, 5.41) is 17.9. The maximum Gasteiger partial charge on any atom is 0.263 e. The number of aromatic amines is 1. The van der Waals surface area contributed by atoms with Crippen LogP contribution in [0.1, 0.15) is 11.1 Å². The Bertz CT molecular complexity index is 779. The summed E-state index contributed by atoms with van der Waals surface area (Å²) < 4.78 is 5.88. The van der Waals surface area contributed by atoms with Crippen molar-refractivity contribution in [2.45, 2.75) is 13.2 Å². The van der Waals surface area contributed by atoms with E-state index >= 15 is 0 Å². The van der Waals surface area contributed by atoms with Crippen molar-refractivity contribution in [1.29, 1.82) is 0 Å². The number of H-pyrrole nitrogens is 1. The standard InChI is InChI=1S/C15H13Cl2N5O/c16-12-3-1-2-10(6-12)9-23-14-5-4-13(17)7-11(14)8-18-15-19-21-22-20-15/h1-7H,8-9H2,(H2,18,19,20,21,22). The van der Waals surface area contributed by atoms with Gasteiger partial charge in [0.2, 0.25) is 0 Å². The van der Waals surface area contributed by atoms with Crippen molar-refractivity contribution < 1.29 is 4.74 Å². The van der Waals surface area contributed by atoms with Crippen molar-refractivity contribution in [3.8, 4) is 5.75 Å². The molecular formula is C15H13Cl2N5O. The monoisotopic (exact) mass is 349 g/mol. The van der Waals surface area contributed by atoms with Crippen LogP contribution in [0.3, 0.4) is 0 Å². The Morgan fingerprint density at radius 1 is 1.09 bits per heavy atom. The van der Waals surface area contributed by atoms with E-state index in [9.17, 15) is 0 Å². The third-order valence-electron chi connectivity index (χ3n) is 3.09. The van der Waals surface area contributed by atoms with Crippen LogP contribution in [0.2, 0.25) is 10.0 Å². The van der Waals surface area contributed by atoms with Crippen molar-refractivity contribution in [1.82, 2.24) is 20.6 Å². The molecule has 8 heteroatoms. The van der Waals surface area contributed by atoms with Crippen LogP contribution in [-0.2, 0) is 13.2 Å². The normalized spacial score (nSPS) is 10.5. The minimum atomic E-state index is 0.408. The summed E-state index contributed by atoms with van der Waals surface area (Å²) in [5.41, 5.74) is 1.88. The lowest BCUT2D eigenvalue weighted by atomic mass is 10.2. The van der Waals surface area contributed by atoms with Crippen molar-refractivity contribution in [3.05, 3.63) is 63.6 Å². The number of aromatic nitrogens is 4. The van der Waals surface area contributed by atoms with Crippen LogP contribution in [0.15, 0.2) is 42.5 Å². The van der Waals surface area contributed by atoms with Crippen LogP contribution < -0.4 is 10.1 Å². The number of anilines is 1. The molecule has 118 valence electrons. The van der Waals surface area contributed by atoms with E-state index < -0.39 is 0 Å². The molecule has 0 radical (unpaired) electrons. The lowest BCUT2D eigenvalue weighted by Gasteiger charge is -2.12. The van der Waals surface area contributed by atoms with Gasteiger partial charge in [-0.3, -0.25) is 0 Å². The number of tetrazole rings is 1. The molecule has 6 nitrogen and oxygen atoms in total. The fourth-order valence-electron chi connectivity index (χ4n) is 2.03. The molecule has 0 unspecified atom stereocenters. The Balaban J connectivity index is 1.70. The highest BCUT2D eigenvalue weighted by molar-refractivity contribution is 6.30. The lowest BCUT2D eigenvalue weighted by Crippen LogP contribution is -2.05. The molecule has 1 heterocycles. The minimum Gasteiger partial charge on any atom is -0.489 e. The molecule has 0 aliphatic carbocycles. The Hall–Kier alpha value is -2.31. The highest BCUT2D eigenvalue weighted by Gasteiger charge is 2.07. The summed E-state index contributed by atoms with van der Waals surface area (Å²) in [6.45, 7) is 0.877. The average Bonchev–Trinajstić information content (AvgIpc) is 3.05. The SMILES string of the molecule is Clc1cccc(COc2ccc(Cl)cc2CNc2nn[nH]n2)c1. The van der Waals surface area contributed by atoms with E-state index in [0.29, 0.717) is 29.1 Å². The van der Waals surface area contributed by atoms with E-state index in [4.69, 9.17) is 27.9 Å². The molecule has 0 saturated carbocycles. The molecule has 0 aliphatic rings. The van der Waals surface area contributed by atoms with Crippen molar-refractivity contribution in [2.75, 3.05) is 5.32 Å². The molecule has 23 heavy (non-hydrogen) atoms. The van der Waals surface area contributed by atoms with Gasteiger partial charge < -0.3 is 10.1 Å². The van der Waals surface area contributed by atoms with Gasteiger partial charge in [0.1, 0.15) is 12.4 Å². The molecule has 0 fully saturated rings. The molecule has 0 aliphatic heterocycles. The third kappa shape index (κ3) is 4.34. The van der Waals surface area contributed by atoms with Crippen LogP contribution in [0, 0.1) is 0 Å². The van der Waals surface area contributed by atoms with Gasteiger partial charge in [-0.1, -0.05) is 40.4 Å². The van der Waals surface area contributed by atoms with Crippen LogP contribution in [0.5, 0.6) is 5.75 Å². The summed E-state index contributed by atoms with van der Waals surface area (Å²) in [7, 11) is 0. The first-order valence-electron chi connectivity index (χ1n) is 6.84. The largest absolute Gasteiger partial charge is 0.489 e. The van der Waals surface area contributed by atoms with Gasteiger partial charge in [0.15, 0.2) is 0 Å². The first kappa shape index (κ1) is 15.6. The van der Waals surface area contributed by atoms with E-state index in [0.717, 1.165) is 16.9 Å². The number of nitrogens with zero attached hydrogens (tertiary/aromatic N) is 3. The van der Waals surface area contributed by atoms with Gasteiger partial charge in [-0.2, -0.15) is 5.21 Å².